The first-order chi connectivity index (χ1) is 8.63. The summed E-state index contributed by atoms with van der Waals surface area (Å²) < 4.78 is 5.29. The van der Waals surface area contributed by atoms with E-state index in [1.807, 2.05) is 6.07 Å². The predicted molar refractivity (Wildman–Crippen MR) is 74.5 cm³/mol. The molecule has 0 saturated heterocycles. The van der Waals surface area contributed by atoms with Crippen molar-refractivity contribution in [2.45, 2.75) is 26.4 Å². The number of hydrogen-bond acceptors (Lipinski definition) is 3. The molecule has 0 bridgehead atoms. The maximum Gasteiger partial charge on any atom is 0.123 e. The van der Waals surface area contributed by atoms with Crippen molar-refractivity contribution in [3.63, 3.8) is 0 Å². The number of ether oxygens (including phenoxy) is 1. The van der Waals surface area contributed by atoms with Gasteiger partial charge in [0.1, 0.15) is 5.75 Å². The van der Waals surface area contributed by atoms with E-state index >= 15 is 0 Å². The van der Waals surface area contributed by atoms with Crippen molar-refractivity contribution in [3.05, 3.63) is 29.3 Å². The topological polar surface area (TPSA) is 38.5 Å². The van der Waals surface area contributed by atoms with Crippen LogP contribution in [-0.4, -0.2) is 25.6 Å². The first-order valence-electron chi connectivity index (χ1n) is 6.68. The Labute approximate surface area is 110 Å². The zero-order valence-corrected chi connectivity index (χ0v) is 11.6. The average molecular weight is 248 g/mol. The second-order valence-electron chi connectivity index (χ2n) is 5.52. The fourth-order valence-corrected chi connectivity index (χ4v) is 2.52. The summed E-state index contributed by atoms with van der Waals surface area (Å²) in [5, 5.41) is 0. The van der Waals surface area contributed by atoms with Gasteiger partial charge >= 0.3 is 0 Å². The van der Waals surface area contributed by atoms with E-state index in [9.17, 15) is 0 Å². The Morgan fingerprint density at radius 2 is 2.17 bits per heavy atom. The quantitative estimate of drug-likeness (QED) is 0.839. The van der Waals surface area contributed by atoms with E-state index in [0.717, 1.165) is 29.7 Å². The van der Waals surface area contributed by atoms with Gasteiger partial charge in [0, 0.05) is 25.2 Å². The molecule has 1 aliphatic carbocycles. The summed E-state index contributed by atoms with van der Waals surface area (Å²) in [5.41, 5.74) is 8.14. The lowest BCUT2D eigenvalue weighted by atomic mass is 10.1. The number of benzene rings is 1. The Kier molecular flexibility index (Phi) is 4.25. The summed E-state index contributed by atoms with van der Waals surface area (Å²) >= 11 is 0. The van der Waals surface area contributed by atoms with E-state index < -0.39 is 0 Å². The summed E-state index contributed by atoms with van der Waals surface area (Å²) in [6, 6.07) is 6.31. The van der Waals surface area contributed by atoms with Crippen molar-refractivity contribution in [2.24, 2.45) is 17.6 Å². The summed E-state index contributed by atoms with van der Waals surface area (Å²) in [6.45, 7) is 5.05. The molecule has 0 spiro atoms. The molecule has 1 fully saturated rings. The van der Waals surface area contributed by atoms with Crippen molar-refractivity contribution in [1.82, 2.24) is 4.90 Å². The van der Waals surface area contributed by atoms with Gasteiger partial charge in [-0.05, 0) is 43.0 Å². The van der Waals surface area contributed by atoms with Gasteiger partial charge in [0.05, 0.1) is 7.11 Å². The van der Waals surface area contributed by atoms with Gasteiger partial charge in [-0.2, -0.15) is 0 Å². The Bertz CT molecular complexity index is 405. The molecular formula is C15H24N2O. The van der Waals surface area contributed by atoms with Gasteiger partial charge in [0.15, 0.2) is 0 Å². The smallest absolute Gasteiger partial charge is 0.123 e. The van der Waals surface area contributed by atoms with Gasteiger partial charge in [-0.1, -0.05) is 13.0 Å². The molecule has 0 heterocycles. The Morgan fingerprint density at radius 1 is 1.44 bits per heavy atom. The highest BCUT2D eigenvalue weighted by Gasteiger charge is 2.32. The minimum atomic E-state index is 0.528. The average Bonchev–Trinajstić information content (AvgIpc) is 3.04. The minimum absolute atomic E-state index is 0.528. The standard InChI is InChI=1S/C15H24N2O/c1-11-6-14(11)10-17(2)9-12-4-5-15(18-3)13(7-12)8-16/h4-5,7,11,14H,6,8-10,16H2,1-3H3. The monoisotopic (exact) mass is 248 g/mol. The summed E-state index contributed by atoms with van der Waals surface area (Å²) in [6.07, 6.45) is 1.39. The molecular weight excluding hydrogens is 224 g/mol. The number of nitrogens with two attached hydrogens (primary N) is 1. The van der Waals surface area contributed by atoms with E-state index in [2.05, 4.69) is 31.0 Å². The molecule has 1 aromatic carbocycles. The molecule has 1 aliphatic rings. The predicted octanol–water partition coefficient (Wildman–Crippen LogP) is 2.24. The number of nitrogens with zero attached hydrogens (tertiary/aromatic N) is 1. The first kappa shape index (κ1) is 13.4. The van der Waals surface area contributed by atoms with Gasteiger partial charge in [-0.25, -0.2) is 0 Å². The molecule has 0 aliphatic heterocycles. The van der Waals surface area contributed by atoms with Crippen LogP contribution in [-0.2, 0) is 13.1 Å². The van der Waals surface area contributed by atoms with Crippen LogP contribution in [0.25, 0.3) is 0 Å². The summed E-state index contributed by atoms with van der Waals surface area (Å²) in [4.78, 5) is 2.40. The van der Waals surface area contributed by atoms with E-state index in [1.165, 1.54) is 18.5 Å². The maximum atomic E-state index is 5.74. The molecule has 2 atom stereocenters. The van der Waals surface area contributed by atoms with Crippen LogP contribution in [0.15, 0.2) is 18.2 Å². The van der Waals surface area contributed by atoms with Crippen LogP contribution in [0.5, 0.6) is 5.75 Å². The van der Waals surface area contributed by atoms with Gasteiger partial charge in [0.2, 0.25) is 0 Å². The molecule has 0 amide bonds. The lowest BCUT2D eigenvalue weighted by Gasteiger charge is -2.17. The Balaban J connectivity index is 1.95. The van der Waals surface area contributed by atoms with Gasteiger partial charge in [-0.15, -0.1) is 0 Å². The Morgan fingerprint density at radius 3 is 2.72 bits per heavy atom. The zero-order valence-electron chi connectivity index (χ0n) is 11.6. The highest BCUT2D eigenvalue weighted by Crippen LogP contribution is 2.38. The van der Waals surface area contributed by atoms with Crippen molar-refractivity contribution in [1.29, 1.82) is 0 Å². The van der Waals surface area contributed by atoms with Crippen LogP contribution in [0.2, 0.25) is 0 Å². The molecule has 3 heteroatoms. The van der Waals surface area contributed by atoms with Crippen LogP contribution >= 0.6 is 0 Å². The van der Waals surface area contributed by atoms with Crippen molar-refractivity contribution in [2.75, 3.05) is 20.7 Å². The van der Waals surface area contributed by atoms with Gasteiger partial charge < -0.3 is 15.4 Å². The minimum Gasteiger partial charge on any atom is -0.496 e. The molecule has 0 radical (unpaired) electrons. The van der Waals surface area contributed by atoms with E-state index in [4.69, 9.17) is 10.5 Å². The largest absolute Gasteiger partial charge is 0.496 e. The van der Waals surface area contributed by atoms with Crippen LogP contribution in [0.1, 0.15) is 24.5 Å². The molecule has 100 valence electrons. The highest BCUT2D eigenvalue weighted by atomic mass is 16.5. The number of hydrogen-bond donors (Lipinski definition) is 1. The SMILES string of the molecule is COc1ccc(CN(C)CC2CC2C)cc1CN. The van der Waals surface area contributed by atoms with Crippen molar-refractivity contribution < 1.29 is 4.74 Å². The molecule has 2 N–H and O–H groups in total. The lowest BCUT2D eigenvalue weighted by molar-refractivity contribution is 0.307. The molecule has 2 rings (SSSR count). The third-order valence-electron chi connectivity index (χ3n) is 3.84. The lowest BCUT2D eigenvalue weighted by Crippen LogP contribution is -2.21. The fourth-order valence-electron chi connectivity index (χ4n) is 2.52. The maximum absolute atomic E-state index is 5.74. The van der Waals surface area contributed by atoms with Crippen LogP contribution in [0, 0.1) is 11.8 Å². The van der Waals surface area contributed by atoms with E-state index in [0.29, 0.717) is 6.54 Å². The molecule has 1 aromatic rings. The first-order valence-corrected chi connectivity index (χ1v) is 6.68. The normalized spacial score (nSPS) is 22.3. The second-order valence-corrected chi connectivity index (χ2v) is 5.52. The fraction of sp³-hybridized carbons (Fsp3) is 0.600. The van der Waals surface area contributed by atoms with Crippen molar-refractivity contribution in [3.8, 4) is 5.75 Å². The van der Waals surface area contributed by atoms with Crippen LogP contribution in [0.3, 0.4) is 0 Å². The van der Waals surface area contributed by atoms with Crippen molar-refractivity contribution >= 4 is 0 Å². The molecule has 0 aromatic heterocycles. The molecule has 2 unspecified atom stereocenters. The second kappa shape index (κ2) is 5.72. The number of rotatable bonds is 6. The zero-order chi connectivity index (χ0) is 13.1. The highest BCUT2D eigenvalue weighted by molar-refractivity contribution is 5.37. The molecule has 18 heavy (non-hydrogen) atoms. The molecule has 1 saturated carbocycles. The van der Waals surface area contributed by atoms with Crippen LogP contribution < -0.4 is 10.5 Å². The van der Waals surface area contributed by atoms with Crippen LogP contribution in [0.4, 0.5) is 0 Å². The van der Waals surface area contributed by atoms with Gasteiger partial charge in [0.25, 0.3) is 0 Å². The third kappa shape index (κ3) is 3.24. The summed E-state index contributed by atoms with van der Waals surface area (Å²) in [5.74, 6) is 2.71. The summed E-state index contributed by atoms with van der Waals surface area (Å²) in [7, 11) is 3.88. The molecule has 3 nitrogen and oxygen atoms in total. The van der Waals surface area contributed by atoms with E-state index in [1.54, 1.807) is 7.11 Å². The number of methoxy groups -OCH3 is 1. The third-order valence-corrected chi connectivity index (χ3v) is 3.84. The van der Waals surface area contributed by atoms with E-state index in [-0.39, 0.29) is 0 Å². The van der Waals surface area contributed by atoms with Gasteiger partial charge in [-0.3, -0.25) is 0 Å². The Hall–Kier alpha value is -1.06.